The van der Waals surface area contributed by atoms with E-state index in [4.69, 9.17) is 4.74 Å². The van der Waals surface area contributed by atoms with Crippen molar-refractivity contribution < 1.29 is 14.3 Å². The molecule has 150 valence electrons. The molecule has 0 saturated heterocycles. The molecule has 2 aromatic carbocycles. The Labute approximate surface area is 166 Å². The summed E-state index contributed by atoms with van der Waals surface area (Å²) >= 11 is 0. The number of benzene rings is 2. The molecule has 2 rings (SSSR count). The number of methoxy groups -OCH3 is 1. The summed E-state index contributed by atoms with van der Waals surface area (Å²) in [5.41, 5.74) is 2.66. The van der Waals surface area contributed by atoms with Crippen LogP contribution in [0.15, 0.2) is 48.5 Å². The quantitative estimate of drug-likeness (QED) is 0.716. The highest BCUT2D eigenvalue weighted by Gasteiger charge is 2.19. The lowest BCUT2D eigenvalue weighted by atomic mass is 10.1. The lowest BCUT2D eigenvalue weighted by molar-refractivity contribution is -0.136. The maximum absolute atomic E-state index is 12.2. The van der Waals surface area contributed by atoms with Crippen molar-refractivity contribution in [3.8, 4) is 5.75 Å². The molecule has 28 heavy (non-hydrogen) atoms. The Morgan fingerprint density at radius 2 is 1.68 bits per heavy atom. The number of hydrogen-bond acceptors (Lipinski definition) is 5. The monoisotopic (exact) mass is 384 g/mol. The Morgan fingerprint density at radius 3 is 2.25 bits per heavy atom. The Bertz CT molecular complexity index is 804. The molecule has 0 bridgehead atoms. The molecule has 0 fully saturated rings. The molecule has 1 atom stereocenters. The molecule has 0 aromatic heterocycles. The standard InChI is InChI=1S/C21H28N4O3/c1-24(2)17-11-9-15(10-12-17)19(25(3)4)14-22-20(26)21(27)23-16-7-6-8-18(13-16)28-5/h6-13,19H,14H2,1-5H3,(H,22,26)(H,23,27)/t19-/m1/s1. The molecular weight excluding hydrogens is 356 g/mol. The highest BCUT2D eigenvalue weighted by atomic mass is 16.5. The van der Waals surface area contributed by atoms with Crippen LogP contribution in [0.5, 0.6) is 5.75 Å². The average Bonchev–Trinajstić information content (AvgIpc) is 2.68. The highest BCUT2D eigenvalue weighted by Crippen LogP contribution is 2.21. The molecule has 2 aromatic rings. The van der Waals surface area contributed by atoms with Crippen molar-refractivity contribution in [2.75, 3.05) is 52.1 Å². The topological polar surface area (TPSA) is 73.9 Å². The molecular formula is C21H28N4O3. The van der Waals surface area contributed by atoms with Gasteiger partial charge in [-0.3, -0.25) is 9.59 Å². The summed E-state index contributed by atoms with van der Waals surface area (Å²) in [5, 5.41) is 5.29. The third-order valence-electron chi connectivity index (χ3n) is 4.41. The van der Waals surface area contributed by atoms with Crippen LogP contribution in [-0.4, -0.2) is 58.6 Å². The van der Waals surface area contributed by atoms with E-state index in [2.05, 4.69) is 10.6 Å². The Kier molecular flexibility index (Phi) is 7.40. The SMILES string of the molecule is COc1cccc(NC(=O)C(=O)NC[C@H](c2ccc(N(C)C)cc2)N(C)C)c1. The second-order valence-corrected chi connectivity index (χ2v) is 6.86. The number of hydrogen-bond donors (Lipinski definition) is 2. The van der Waals surface area contributed by atoms with Gasteiger partial charge in [-0.25, -0.2) is 0 Å². The third kappa shape index (κ3) is 5.72. The maximum atomic E-state index is 12.2. The van der Waals surface area contributed by atoms with Crippen molar-refractivity contribution in [2.45, 2.75) is 6.04 Å². The van der Waals surface area contributed by atoms with Crippen LogP contribution < -0.4 is 20.3 Å². The van der Waals surface area contributed by atoms with Gasteiger partial charge in [-0.15, -0.1) is 0 Å². The summed E-state index contributed by atoms with van der Waals surface area (Å²) < 4.78 is 5.11. The molecule has 0 aliphatic heterocycles. The van der Waals surface area contributed by atoms with Gasteiger partial charge >= 0.3 is 11.8 Å². The van der Waals surface area contributed by atoms with Crippen molar-refractivity contribution in [1.82, 2.24) is 10.2 Å². The summed E-state index contributed by atoms with van der Waals surface area (Å²) in [6, 6.07) is 14.9. The first-order valence-corrected chi connectivity index (χ1v) is 8.98. The lowest BCUT2D eigenvalue weighted by Crippen LogP contribution is -2.40. The first-order chi connectivity index (χ1) is 13.3. The number of likely N-dealkylation sites (N-methyl/N-ethyl adjacent to an activating group) is 1. The molecule has 0 heterocycles. The van der Waals surface area contributed by atoms with E-state index in [-0.39, 0.29) is 6.04 Å². The zero-order chi connectivity index (χ0) is 20.7. The molecule has 2 amide bonds. The van der Waals surface area contributed by atoms with E-state index >= 15 is 0 Å². The van der Waals surface area contributed by atoms with Crippen LogP contribution in [0.1, 0.15) is 11.6 Å². The second-order valence-electron chi connectivity index (χ2n) is 6.86. The normalized spacial score (nSPS) is 11.6. The van der Waals surface area contributed by atoms with Crippen molar-refractivity contribution in [2.24, 2.45) is 0 Å². The number of amides is 2. The van der Waals surface area contributed by atoms with Gasteiger partial charge in [0.2, 0.25) is 0 Å². The number of nitrogens with zero attached hydrogens (tertiary/aromatic N) is 2. The fraction of sp³-hybridized carbons (Fsp3) is 0.333. The zero-order valence-electron chi connectivity index (χ0n) is 17.0. The first kappa shape index (κ1) is 21.2. The molecule has 7 nitrogen and oxygen atoms in total. The van der Waals surface area contributed by atoms with Crippen LogP contribution in [-0.2, 0) is 9.59 Å². The average molecular weight is 384 g/mol. The number of nitrogens with one attached hydrogen (secondary N) is 2. The second kappa shape index (κ2) is 9.75. The molecule has 7 heteroatoms. The van der Waals surface area contributed by atoms with Crippen LogP contribution in [0.3, 0.4) is 0 Å². The summed E-state index contributed by atoms with van der Waals surface area (Å²) in [4.78, 5) is 28.4. The van der Waals surface area contributed by atoms with Gasteiger partial charge in [0.15, 0.2) is 0 Å². The fourth-order valence-corrected chi connectivity index (χ4v) is 2.75. The minimum absolute atomic E-state index is 0.0511. The van der Waals surface area contributed by atoms with Crippen LogP contribution in [0, 0.1) is 0 Å². The lowest BCUT2D eigenvalue weighted by Gasteiger charge is -2.25. The number of carbonyl (C=O) groups is 2. The van der Waals surface area contributed by atoms with Gasteiger partial charge in [0.25, 0.3) is 0 Å². The summed E-state index contributed by atoms with van der Waals surface area (Å²) in [6.07, 6.45) is 0. The predicted molar refractivity (Wildman–Crippen MR) is 112 cm³/mol. The molecule has 0 radical (unpaired) electrons. The van der Waals surface area contributed by atoms with E-state index in [1.165, 1.54) is 0 Å². The minimum Gasteiger partial charge on any atom is -0.497 e. The van der Waals surface area contributed by atoms with Crippen molar-refractivity contribution in [3.63, 3.8) is 0 Å². The Morgan fingerprint density at radius 1 is 1.00 bits per heavy atom. The Balaban J connectivity index is 1.98. The van der Waals surface area contributed by atoms with Gasteiger partial charge in [-0.05, 0) is 43.9 Å². The number of rotatable bonds is 7. The van der Waals surface area contributed by atoms with Crippen LogP contribution in [0.4, 0.5) is 11.4 Å². The van der Waals surface area contributed by atoms with Gasteiger partial charge in [0, 0.05) is 38.1 Å². The molecule has 0 saturated carbocycles. The fourth-order valence-electron chi connectivity index (χ4n) is 2.75. The first-order valence-electron chi connectivity index (χ1n) is 8.98. The van der Waals surface area contributed by atoms with Crippen LogP contribution in [0.25, 0.3) is 0 Å². The third-order valence-corrected chi connectivity index (χ3v) is 4.41. The number of ether oxygens (including phenoxy) is 1. The summed E-state index contributed by atoms with van der Waals surface area (Å²) in [6.45, 7) is 0.318. The summed E-state index contributed by atoms with van der Waals surface area (Å²) in [7, 11) is 9.39. The van der Waals surface area contributed by atoms with Crippen molar-refractivity contribution in [3.05, 3.63) is 54.1 Å². The van der Waals surface area contributed by atoms with Crippen molar-refractivity contribution >= 4 is 23.2 Å². The van der Waals surface area contributed by atoms with E-state index in [1.807, 2.05) is 62.3 Å². The van der Waals surface area contributed by atoms with Gasteiger partial charge < -0.3 is 25.2 Å². The van der Waals surface area contributed by atoms with E-state index < -0.39 is 11.8 Å². The van der Waals surface area contributed by atoms with Gasteiger partial charge in [-0.2, -0.15) is 0 Å². The largest absolute Gasteiger partial charge is 0.497 e. The predicted octanol–water partition coefficient (Wildman–Crippen LogP) is 2.12. The van der Waals surface area contributed by atoms with Crippen LogP contribution >= 0.6 is 0 Å². The van der Waals surface area contributed by atoms with Gasteiger partial charge in [0.05, 0.1) is 13.2 Å². The van der Waals surface area contributed by atoms with E-state index in [0.717, 1.165) is 11.3 Å². The van der Waals surface area contributed by atoms with Crippen LogP contribution in [0.2, 0.25) is 0 Å². The van der Waals surface area contributed by atoms with Gasteiger partial charge in [0.1, 0.15) is 5.75 Å². The van der Waals surface area contributed by atoms with E-state index in [9.17, 15) is 9.59 Å². The molecule has 2 N–H and O–H groups in total. The maximum Gasteiger partial charge on any atom is 0.313 e. The number of carbonyl (C=O) groups excluding carboxylic acids is 2. The molecule has 0 aliphatic rings. The van der Waals surface area contributed by atoms with E-state index in [1.54, 1.807) is 31.4 Å². The molecule has 0 unspecified atom stereocenters. The van der Waals surface area contributed by atoms with Crippen molar-refractivity contribution in [1.29, 1.82) is 0 Å². The highest BCUT2D eigenvalue weighted by molar-refractivity contribution is 6.39. The van der Waals surface area contributed by atoms with Gasteiger partial charge in [-0.1, -0.05) is 18.2 Å². The number of anilines is 2. The van der Waals surface area contributed by atoms with E-state index in [0.29, 0.717) is 18.0 Å². The minimum atomic E-state index is -0.714. The molecule has 0 aliphatic carbocycles. The Hall–Kier alpha value is -3.06. The zero-order valence-corrected chi connectivity index (χ0v) is 17.0. The molecule has 0 spiro atoms. The summed E-state index contributed by atoms with van der Waals surface area (Å²) in [5.74, 6) is -0.791. The smallest absolute Gasteiger partial charge is 0.313 e.